The Hall–Kier alpha value is 1.59. The van der Waals surface area contributed by atoms with E-state index in [0.717, 1.165) is 79.7 Å². The van der Waals surface area contributed by atoms with Gasteiger partial charge in [0.1, 0.15) is 6.79 Å². The van der Waals surface area contributed by atoms with E-state index in [9.17, 15) is 0 Å². The molecule has 0 unspecified atom stereocenters. The van der Waals surface area contributed by atoms with E-state index in [1.807, 2.05) is 0 Å². The third-order valence-electron chi connectivity index (χ3n) is 21.5. The zero-order valence-electron chi connectivity index (χ0n) is 95.2. The van der Waals surface area contributed by atoms with Gasteiger partial charge in [-0.1, -0.05) is 109 Å². The number of benzene rings is 3. The van der Waals surface area contributed by atoms with Crippen molar-refractivity contribution in [1.82, 2.24) is 0 Å². The molecule has 0 saturated heterocycles. The van der Waals surface area contributed by atoms with Crippen LogP contribution in [0.4, 0.5) is 0 Å². The first kappa shape index (κ1) is 144. The van der Waals surface area contributed by atoms with Crippen molar-refractivity contribution in [3.63, 3.8) is 0 Å². The maximum absolute atomic E-state index is 7.24. The van der Waals surface area contributed by atoms with Crippen molar-refractivity contribution in [2.75, 3.05) is 53.5 Å². The highest BCUT2D eigenvalue weighted by Crippen LogP contribution is 2.40. The van der Waals surface area contributed by atoms with Gasteiger partial charge in [0.25, 0.3) is 0 Å². The van der Waals surface area contributed by atoms with E-state index in [-0.39, 0.29) is 36.5 Å². The molecule has 816 valence electrons. The Labute approximate surface area is 876 Å². The van der Waals surface area contributed by atoms with E-state index in [0.29, 0.717) is 59.5 Å². The molecule has 0 spiro atoms. The predicted octanol–water partition coefficient (Wildman–Crippen LogP) is 31.4. The largest absolute Gasteiger partial charge is 0.636 e. The molecule has 3 rings (SSSR count). The summed E-state index contributed by atoms with van der Waals surface area (Å²) in [6, 6.07) is 39.1. The smallest absolute Gasteiger partial charge is 0.455 e. The standard InChI is InChI=1S/C73H172O18Si20.C18H34O3Si2.4CH4/c1-92(2,3)78-110(79-93(4,5)6,80-94(7,8)9)90-106(35,36)63-61-104(31,32)88-108(39,40)86-102(27,28)59-57-100(23,24)84-98(19,20)55-49-70-45-43-47-72(65-70)67-74-51-53-76-69-77-54-52-75-68-73-48-44-46-71(66-73)50-56-99(21,22)85-101(25,26)58-60-103(29,30)87-109(41,42)89-105(33,34)62-64-107(37,38)91-111(81-95(10,11)12,82-96(13,14)15)83-97(16,17)18;1-7-22(3,4)21-23(5,6)14-11-17-9-8-10-18(15-17)16-20-13-12-19-2;;;;/h43-48,65-66H,49-64,67-69H2,1-42H3;8-10,15H,7,11-14,16H2,1-6H3;4*1H4. The second-order valence-electron chi connectivity index (χ2n) is 51.5. The van der Waals surface area contributed by atoms with Gasteiger partial charge < -0.3 is 90.1 Å². The Bertz CT molecular complexity index is 3580. The average molecular weight is 2320 g/mol. The molecule has 0 aliphatic carbocycles. The van der Waals surface area contributed by atoms with Crippen molar-refractivity contribution in [3.05, 3.63) is 106 Å². The van der Waals surface area contributed by atoms with Gasteiger partial charge in [-0.15, -0.1) is 0 Å². The number of aryl methyl sites for hydroxylation is 3. The molecule has 138 heavy (non-hydrogen) atoms. The van der Waals surface area contributed by atoms with Gasteiger partial charge >= 0.3 is 35.2 Å². The topological polar surface area (TPSA) is 194 Å². The lowest BCUT2D eigenvalue weighted by Crippen LogP contribution is -2.65. The van der Waals surface area contributed by atoms with Gasteiger partial charge in [0.15, 0.2) is 150 Å². The minimum Gasteiger partial charge on any atom is -0.455 e. The fourth-order valence-electron chi connectivity index (χ4n) is 16.3. The Kier molecular flexibility index (Phi) is 62.2. The maximum Gasteiger partial charge on any atom is 0.636 e. The van der Waals surface area contributed by atoms with Crippen molar-refractivity contribution in [1.29, 1.82) is 0 Å². The molecule has 21 nitrogen and oxygen atoms in total. The highest BCUT2D eigenvalue weighted by Gasteiger charge is 2.59. The molecule has 43 heteroatoms. The van der Waals surface area contributed by atoms with Crippen molar-refractivity contribution < 1.29 is 90.1 Å². The molecular formula is C95H222O21Si22. The van der Waals surface area contributed by atoms with Crippen LogP contribution in [0.15, 0.2) is 72.8 Å². The van der Waals surface area contributed by atoms with Gasteiger partial charge in [-0.05, 0) is 426 Å². The van der Waals surface area contributed by atoms with Gasteiger partial charge in [-0.2, -0.15) is 0 Å². The first-order valence-electron chi connectivity index (χ1n) is 50.2. The summed E-state index contributed by atoms with van der Waals surface area (Å²) in [5.74, 6) is 0. The minimum absolute atomic E-state index is 0. The number of hydrogen-bond donors (Lipinski definition) is 0. The molecular weight excluding hydrogens is 2090 g/mol. The van der Waals surface area contributed by atoms with Crippen molar-refractivity contribution in [2.24, 2.45) is 0 Å². The van der Waals surface area contributed by atoms with Crippen LogP contribution in [-0.2, 0) is 129 Å². The van der Waals surface area contributed by atoms with Crippen LogP contribution in [0.3, 0.4) is 0 Å². The summed E-state index contributed by atoms with van der Waals surface area (Å²) < 4.78 is 140. The SMILES string of the molecule is C.C.C.C.CC[Si](C)(C)O[Si](C)(C)CCc1cccc(COCCOC)c1.C[Si](C)(C)O[Si](O[Si](C)(C)C)(O[Si](C)(C)C)O[Si](C)(C)CC[Si](C)(C)O[Si](C)(C)O[Si](C)(C)CC[Si](C)(C)O[Si](C)(C)CCc1cccc(COCCOCOCCOCc2cccc(CC[Si](C)(C)O[Si](C)(C)CC[Si](C)(C)O[Si](C)(C)O[Si](C)(C)CC[Si](C)(C)O[Si](O[Si](C)(C)C)(O[Si](C)(C)C)O[Si](C)(C)C)c2)c1. The van der Waals surface area contributed by atoms with E-state index in [4.69, 9.17) is 90.1 Å². The van der Waals surface area contributed by atoms with E-state index in [1.54, 1.807) is 7.11 Å². The Morgan fingerprint density at radius 3 is 0.587 bits per heavy atom. The molecule has 0 bridgehead atoms. The molecule has 0 aliphatic rings. The van der Waals surface area contributed by atoms with Gasteiger partial charge in [0, 0.05) is 7.11 Å². The molecule has 3 aromatic rings. The lowest BCUT2D eigenvalue weighted by Gasteiger charge is -2.45. The quantitative estimate of drug-likeness (QED) is 0.0294. The summed E-state index contributed by atoms with van der Waals surface area (Å²) in [6.45, 7) is 113. The number of rotatable bonds is 69. The van der Waals surface area contributed by atoms with Crippen LogP contribution in [-0.4, -0.2) is 238 Å². The molecule has 0 atom stereocenters. The highest BCUT2D eigenvalue weighted by molar-refractivity contribution is 6.96. The zero-order valence-corrected chi connectivity index (χ0v) is 117. The third-order valence-corrected chi connectivity index (χ3v) is 98.3. The van der Waals surface area contributed by atoms with Crippen LogP contribution in [0, 0.1) is 0 Å². The summed E-state index contributed by atoms with van der Waals surface area (Å²) in [5, 5.41) is 0. The van der Waals surface area contributed by atoms with Crippen LogP contribution in [0.2, 0.25) is 374 Å². The van der Waals surface area contributed by atoms with Crippen molar-refractivity contribution in [3.8, 4) is 0 Å². The number of ether oxygens (including phenoxy) is 6. The Morgan fingerprint density at radius 2 is 0.377 bits per heavy atom. The Morgan fingerprint density at radius 1 is 0.196 bits per heavy atom. The molecule has 0 heterocycles. The fourth-order valence-corrected chi connectivity index (χ4v) is 113. The summed E-state index contributed by atoms with van der Waals surface area (Å²) in [4.78, 5) is 0. The van der Waals surface area contributed by atoms with E-state index in [1.165, 1.54) is 45.5 Å². The normalized spacial score (nSPS) is 14.2. The summed E-state index contributed by atoms with van der Waals surface area (Å²) in [5.41, 5.74) is 7.62. The van der Waals surface area contributed by atoms with E-state index < -0.39 is 185 Å². The molecule has 0 amide bonds. The van der Waals surface area contributed by atoms with Crippen LogP contribution in [0.5, 0.6) is 0 Å². The average Bonchev–Trinajstić information content (AvgIpc) is 0.784. The van der Waals surface area contributed by atoms with Gasteiger partial charge in [-0.3, -0.25) is 0 Å². The Balaban J connectivity index is -0.00000587. The minimum atomic E-state index is -3.42. The molecule has 0 radical (unpaired) electrons. The molecule has 0 aliphatic heterocycles. The molecule has 3 aromatic carbocycles. The van der Waals surface area contributed by atoms with Crippen LogP contribution in [0.25, 0.3) is 0 Å². The van der Waals surface area contributed by atoms with Gasteiger partial charge in [0.05, 0.1) is 59.5 Å². The van der Waals surface area contributed by atoms with Gasteiger partial charge in [-0.25, -0.2) is 0 Å². The van der Waals surface area contributed by atoms with Crippen LogP contribution in [0.1, 0.15) is 70.0 Å². The number of methoxy groups -OCH3 is 1. The van der Waals surface area contributed by atoms with E-state index >= 15 is 0 Å². The highest BCUT2D eigenvalue weighted by atomic mass is 28.6. The number of hydrogen-bond acceptors (Lipinski definition) is 21. The zero-order chi connectivity index (χ0) is 103. The third kappa shape index (κ3) is 70.7. The first-order chi connectivity index (χ1) is 60.1. The van der Waals surface area contributed by atoms with Crippen molar-refractivity contribution >= 4 is 185 Å². The fraction of sp³-hybridized carbons (Fsp3) is 0.811. The molecule has 0 fully saturated rings. The summed E-state index contributed by atoms with van der Waals surface area (Å²) in [7, 11) is -46.6. The van der Waals surface area contributed by atoms with Gasteiger partial charge in [0.2, 0.25) is 0 Å². The first-order valence-corrected chi connectivity index (χ1v) is 117. The second kappa shape index (κ2) is 59.7. The molecule has 0 saturated carbocycles. The second-order valence-corrected chi connectivity index (χ2v) is 145. The summed E-state index contributed by atoms with van der Waals surface area (Å²) in [6.07, 6.45) is 3.08. The predicted molar refractivity (Wildman–Crippen MR) is 651 cm³/mol. The van der Waals surface area contributed by atoms with Crippen molar-refractivity contribution in [2.45, 2.75) is 449 Å². The lowest BCUT2D eigenvalue weighted by atomic mass is 10.1. The lowest BCUT2D eigenvalue weighted by molar-refractivity contribution is -0.0836. The van der Waals surface area contributed by atoms with Crippen LogP contribution >= 0.6 is 0 Å². The molecule has 0 aromatic heterocycles. The summed E-state index contributed by atoms with van der Waals surface area (Å²) >= 11 is 0. The maximum atomic E-state index is 7.24. The monoisotopic (exact) mass is 2320 g/mol. The molecule has 0 N–H and O–H groups in total. The van der Waals surface area contributed by atoms with E-state index in [2.05, 4.69) is 381 Å². The van der Waals surface area contributed by atoms with Crippen LogP contribution < -0.4 is 0 Å².